The van der Waals surface area contributed by atoms with Crippen LogP contribution in [0, 0.1) is 75.1 Å². The summed E-state index contributed by atoms with van der Waals surface area (Å²) in [5.74, 6) is 34.2. The van der Waals surface area contributed by atoms with Crippen molar-refractivity contribution in [1.82, 2.24) is 0 Å². The number of hydrogen-bond acceptors (Lipinski definition) is 18. The van der Waals surface area contributed by atoms with Crippen molar-refractivity contribution < 1.29 is 85.6 Å². The molecule has 8 rings (SSSR count). The third-order valence-corrected chi connectivity index (χ3v) is 13.5. The summed E-state index contributed by atoms with van der Waals surface area (Å²) < 4.78 is 65.1. The van der Waals surface area contributed by atoms with E-state index in [4.69, 9.17) is 63.3 Å². The maximum atomic E-state index is 12.8. The molecule has 0 aliphatic carbocycles. The standard InChI is InChI=1S/C45H42O9.C34H30O6.C11H13IO3/c1-43(2,3)52-40(46)49-37-18-14-13-17-34(37)25-20-32-22-27-36(39(29-32)51-42(48)54-45(7,8)9)28-23-33-21-26-35(24-19-31-15-11-10-12-16-31)38(30-33)50-41(47)53-44(4,5)6;1-8-24-14-18-27(29(22-24)37-31(35)39-33(2,3)4)20-16-26-17-21-28(19-15-25-12-10-9-11-13-25)30(23-26)38-32(36)40-34(5,6)7;1-11(2,3)15-10(13)14-9-7-5-4-6-8(9)12/h10-18,21-22,26-27,29-30H,1-9H3;1,9-14,17-18,21-23H,2-7H3;4-7H,1-3H3. The van der Waals surface area contributed by atoms with Crippen molar-refractivity contribution in [3.05, 3.63) is 247 Å². The molecule has 8 aromatic rings. The Morgan fingerprint density at radius 1 is 0.248 bits per heavy atom. The van der Waals surface area contributed by atoms with E-state index >= 15 is 0 Å². The van der Waals surface area contributed by atoms with Gasteiger partial charge in [0.1, 0.15) is 45.1 Å². The molecule has 560 valence electrons. The molecule has 0 bridgehead atoms. The average molecular weight is 1580 g/mol. The number of para-hydroxylation sites is 2. The van der Waals surface area contributed by atoms with Crippen molar-refractivity contribution >= 4 is 59.5 Å². The summed E-state index contributed by atoms with van der Waals surface area (Å²) in [7, 11) is 0. The van der Waals surface area contributed by atoms with Crippen LogP contribution in [0.2, 0.25) is 0 Å². The van der Waals surface area contributed by atoms with Crippen molar-refractivity contribution in [2.24, 2.45) is 0 Å². The maximum absolute atomic E-state index is 12.8. The van der Waals surface area contributed by atoms with Crippen molar-refractivity contribution in [3.8, 4) is 106 Å². The van der Waals surface area contributed by atoms with Crippen molar-refractivity contribution in [2.75, 3.05) is 0 Å². The van der Waals surface area contributed by atoms with Gasteiger partial charge in [0.05, 0.1) is 31.4 Å². The fourth-order valence-corrected chi connectivity index (χ4v) is 8.75. The third-order valence-electron chi connectivity index (χ3n) is 12.6. The zero-order chi connectivity index (χ0) is 80.3. The predicted octanol–water partition coefficient (Wildman–Crippen LogP) is 20.5. The zero-order valence-corrected chi connectivity index (χ0v) is 66.3. The van der Waals surface area contributed by atoms with Crippen molar-refractivity contribution in [2.45, 2.75) is 158 Å². The third kappa shape index (κ3) is 33.2. The summed E-state index contributed by atoms with van der Waals surface area (Å²) in [5.41, 5.74) is 1.38. The lowest BCUT2D eigenvalue weighted by Gasteiger charge is -2.19. The number of rotatable bonds is 6. The molecule has 0 spiro atoms. The molecular formula is C90H85IO18. The number of carbonyl (C=O) groups is 6. The van der Waals surface area contributed by atoms with Gasteiger partial charge >= 0.3 is 36.9 Å². The van der Waals surface area contributed by atoms with Crippen molar-refractivity contribution in [1.29, 1.82) is 0 Å². The average Bonchev–Trinajstić information content (AvgIpc) is 0.839. The molecule has 0 aromatic heterocycles. The molecule has 0 saturated carbocycles. The fraction of sp³-hybridized carbons (Fsp3) is 0.267. The SMILES string of the molecule is C#Cc1ccc(C#Cc2ccc(C#Cc3ccccc3)c(OC(=O)OC(C)(C)C)c2)c(OC(=O)OC(C)(C)C)c1.CC(C)(C)OC(=O)Oc1ccccc1C#Cc1ccc(C#Cc2ccc(C#Cc3ccccc3)c(OC(=O)OC(C)(C)C)c2)c(OC(=O)OC(C)(C)C)c1.CC(C)(C)OC(=O)Oc1ccccc1I. The van der Waals surface area contributed by atoms with Gasteiger partial charge in [0, 0.05) is 33.4 Å². The highest BCUT2D eigenvalue weighted by molar-refractivity contribution is 14.1. The van der Waals surface area contributed by atoms with Gasteiger partial charge in [0.25, 0.3) is 0 Å². The van der Waals surface area contributed by atoms with Gasteiger partial charge in [-0.3, -0.25) is 0 Å². The molecule has 0 heterocycles. The number of benzene rings is 8. The van der Waals surface area contributed by atoms with Gasteiger partial charge in [0.15, 0.2) is 23.0 Å². The lowest BCUT2D eigenvalue weighted by molar-refractivity contribution is 0.0191. The van der Waals surface area contributed by atoms with Crippen LogP contribution in [0.25, 0.3) is 0 Å². The highest BCUT2D eigenvalue weighted by Crippen LogP contribution is 2.29. The van der Waals surface area contributed by atoms with Gasteiger partial charge < -0.3 is 56.8 Å². The summed E-state index contributed by atoms with van der Waals surface area (Å²) in [4.78, 5) is 73.8. The summed E-state index contributed by atoms with van der Waals surface area (Å²) in [6.45, 7) is 31.4. The first-order valence-electron chi connectivity index (χ1n) is 34.0. The Morgan fingerprint density at radius 3 is 0.752 bits per heavy atom. The minimum atomic E-state index is -0.929. The van der Waals surface area contributed by atoms with Crippen LogP contribution >= 0.6 is 22.6 Å². The molecule has 8 aromatic carbocycles. The molecule has 0 fully saturated rings. The van der Waals surface area contributed by atoms with E-state index < -0.39 is 70.5 Å². The molecule has 0 aliphatic heterocycles. The minimum absolute atomic E-state index is 0.0948. The summed E-state index contributed by atoms with van der Waals surface area (Å²) in [6.07, 6.45) is 0.429. The predicted molar refractivity (Wildman–Crippen MR) is 423 cm³/mol. The van der Waals surface area contributed by atoms with E-state index in [1.807, 2.05) is 78.9 Å². The van der Waals surface area contributed by atoms with Gasteiger partial charge in [0.2, 0.25) is 0 Å². The monoisotopic (exact) mass is 1580 g/mol. The lowest BCUT2D eigenvalue weighted by atomic mass is 10.1. The second-order valence-corrected chi connectivity index (χ2v) is 30.5. The van der Waals surface area contributed by atoms with Gasteiger partial charge in [-0.05, 0) is 269 Å². The van der Waals surface area contributed by atoms with E-state index in [1.54, 1.807) is 222 Å². The molecule has 0 radical (unpaired) electrons. The number of carbonyl (C=O) groups excluding carboxylic acids is 6. The molecular weight excluding hydrogens is 1500 g/mol. The van der Waals surface area contributed by atoms with Crippen LogP contribution in [0.5, 0.6) is 34.5 Å². The van der Waals surface area contributed by atoms with Crippen LogP contribution in [0.1, 0.15) is 186 Å². The largest absolute Gasteiger partial charge is 0.514 e. The molecule has 0 saturated heterocycles. The molecule has 0 atom stereocenters. The highest BCUT2D eigenvalue weighted by Gasteiger charge is 2.25. The van der Waals surface area contributed by atoms with Crippen LogP contribution in [0.3, 0.4) is 0 Å². The second kappa shape index (κ2) is 38.7. The van der Waals surface area contributed by atoms with Gasteiger partial charge in [-0.25, -0.2) is 28.8 Å². The van der Waals surface area contributed by atoms with Gasteiger partial charge in [-0.2, -0.15) is 0 Å². The Labute approximate surface area is 652 Å². The fourth-order valence-electron chi connectivity index (χ4n) is 8.25. The van der Waals surface area contributed by atoms with Crippen molar-refractivity contribution in [3.63, 3.8) is 0 Å². The number of hydrogen-bond donors (Lipinski definition) is 0. The highest BCUT2D eigenvalue weighted by atomic mass is 127. The Balaban J connectivity index is 0.000000294. The summed E-state index contributed by atoms with van der Waals surface area (Å²) in [6, 6.07) is 52.7. The minimum Gasteiger partial charge on any atom is -0.428 e. The smallest absolute Gasteiger partial charge is 0.428 e. The summed E-state index contributed by atoms with van der Waals surface area (Å²) >= 11 is 2.10. The van der Waals surface area contributed by atoms with E-state index in [0.717, 1.165) is 14.7 Å². The van der Waals surface area contributed by atoms with Crippen LogP contribution in [0.4, 0.5) is 28.8 Å². The molecule has 0 unspecified atom stereocenters. The topological polar surface area (TPSA) is 213 Å². The summed E-state index contributed by atoms with van der Waals surface area (Å²) in [5, 5.41) is 0. The van der Waals surface area contributed by atoms with E-state index in [-0.39, 0.29) is 28.7 Å². The first-order chi connectivity index (χ1) is 51.0. The van der Waals surface area contributed by atoms with E-state index in [2.05, 4.69) is 87.7 Å². The molecule has 0 aliphatic rings. The number of halogens is 1. The van der Waals surface area contributed by atoms with Crippen LogP contribution in [0.15, 0.2) is 182 Å². The molecule has 0 amide bonds. The second-order valence-electron chi connectivity index (χ2n) is 29.3. The lowest BCUT2D eigenvalue weighted by Crippen LogP contribution is -2.26. The quantitative estimate of drug-likeness (QED) is 0.0497. The van der Waals surface area contributed by atoms with Gasteiger partial charge in [-0.1, -0.05) is 126 Å². The molecule has 109 heavy (non-hydrogen) atoms. The first kappa shape index (κ1) is 85.4. The number of ether oxygens (including phenoxy) is 12. The van der Waals surface area contributed by atoms with E-state index in [1.165, 1.54) is 6.07 Å². The normalized spacial score (nSPS) is 10.7. The van der Waals surface area contributed by atoms with Crippen LogP contribution in [-0.2, 0) is 28.4 Å². The Morgan fingerprint density at radius 2 is 0.468 bits per heavy atom. The Bertz CT molecular complexity index is 4980. The Kier molecular flexibility index (Phi) is 30.3. The van der Waals surface area contributed by atoms with E-state index in [9.17, 15) is 28.8 Å². The van der Waals surface area contributed by atoms with E-state index in [0.29, 0.717) is 55.8 Å². The maximum Gasteiger partial charge on any atom is 0.514 e. The Hall–Kier alpha value is -12.5. The van der Waals surface area contributed by atoms with Crippen LogP contribution in [-0.4, -0.2) is 70.5 Å². The van der Waals surface area contributed by atoms with Crippen LogP contribution < -0.4 is 28.4 Å². The molecule has 0 N–H and O–H groups in total. The zero-order valence-electron chi connectivity index (χ0n) is 64.1. The molecule has 19 heteroatoms. The first-order valence-corrected chi connectivity index (χ1v) is 35.1. The van der Waals surface area contributed by atoms with Gasteiger partial charge in [-0.15, -0.1) is 6.42 Å². The number of terminal acetylenes is 1. The molecule has 18 nitrogen and oxygen atoms in total.